The van der Waals surface area contributed by atoms with Crippen LogP contribution in [0.1, 0.15) is 27.1 Å². The van der Waals surface area contributed by atoms with Crippen LogP contribution in [0.4, 0.5) is 4.39 Å². The van der Waals surface area contributed by atoms with Crippen LogP contribution in [0.15, 0.2) is 60.7 Å². The highest BCUT2D eigenvalue weighted by Crippen LogP contribution is 2.21. The van der Waals surface area contributed by atoms with E-state index in [1.54, 1.807) is 12.1 Å². The first-order valence-electron chi connectivity index (χ1n) is 7.08. The lowest BCUT2D eigenvalue weighted by Gasteiger charge is -2.05. The molecule has 3 aromatic rings. The standard InChI is InChI=1S/C19H13FO3/c20-15-7-8-16(18(22)10-15)19(23)11-17(21)14-6-5-12-3-1-2-4-13(12)9-14/h1-10,22H,11H2. The van der Waals surface area contributed by atoms with E-state index in [2.05, 4.69) is 0 Å². The first kappa shape index (κ1) is 14.9. The van der Waals surface area contributed by atoms with Gasteiger partial charge in [-0.2, -0.15) is 0 Å². The van der Waals surface area contributed by atoms with Crippen LogP contribution in [0.3, 0.4) is 0 Å². The fourth-order valence-electron chi connectivity index (χ4n) is 2.45. The van der Waals surface area contributed by atoms with Crippen LogP contribution < -0.4 is 0 Å². The molecule has 0 aromatic heterocycles. The topological polar surface area (TPSA) is 54.4 Å². The summed E-state index contributed by atoms with van der Waals surface area (Å²) in [4.78, 5) is 24.4. The van der Waals surface area contributed by atoms with Crippen LogP contribution in [0.25, 0.3) is 10.8 Å². The van der Waals surface area contributed by atoms with Crippen LogP contribution in [0.5, 0.6) is 5.75 Å². The Morgan fingerprint density at radius 3 is 2.35 bits per heavy atom. The van der Waals surface area contributed by atoms with Gasteiger partial charge in [0.05, 0.1) is 12.0 Å². The van der Waals surface area contributed by atoms with Crippen molar-refractivity contribution in [3.05, 3.63) is 77.6 Å². The summed E-state index contributed by atoms with van der Waals surface area (Å²) >= 11 is 0. The van der Waals surface area contributed by atoms with Crippen molar-refractivity contribution in [3.8, 4) is 5.75 Å². The quantitative estimate of drug-likeness (QED) is 0.582. The van der Waals surface area contributed by atoms with Crippen LogP contribution >= 0.6 is 0 Å². The molecule has 1 N–H and O–H groups in total. The number of fused-ring (bicyclic) bond motifs is 1. The SMILES string of the molecule is O=C(CC(=O)c1ccc(F)cc1O)c1ccc2ccccc2c1. The Bertz CT molecular complexity index is 915. The predicted octanol–water partition coefficient (Wildman–Crippen LogP) is 4.14. The first-order valence-corrected chi connectivity index (χ1v) is 7.08. The molecule has 0 aliphatic rings. The molecule has 0 unspecified atom stereocenters. The van der Waals surface area contributed by atoms with Crippen LogP contribution in [0, 0.1) is 5.82 Å². The summed E-state index contributed by atoms with van der Waals surface area (Å²) in [6, 6.07) is 15.9. The third-order valence-corrected chi connectivity index (χ3v) is 3.65. The minimum absolute atomic E-state index is 0.0551. The smallest absolute Gasteiger partial charge is 0.174 e. The maximum atomic E-state index is 12.9. The molecule has 3 rings (SSSR count). The maximum absolute atomic E-state index is 12.9. The van der Waals surface area contributed by atoms with Crippen LogP contribution in [-0.4, -0.2) is 16.7 Å². The molecule has 0 radical (unpaired) electrons. The number of hydrogen-bond donors (Lipinski definition) is 1. The number of ketones is 2. The second-order valence-electron chi connectivity index (χ2n) is 5.25. The lowest BCUT2D eigenvalue weighted by molar-refractivity contribution is 0.0893. The number of phenolic OH excluding ortho intramolecular Hbond substituents is 1. The van der Waals surface area contributed by atoms with E-state index in [-0.39, 0.29) is 17.8 Å². The lowest BCUT2D eigenvalue weighted by Crippen LogP contribution is -2.09. The fourth-order valence-corrected chi connectivity index (χ4v) is 2.45. The van der Waals surface area contributed by atoms with Crippen molar-refractivity contribution in [2.24, 2.45) is 0 Å². The monoisotopic (exact) mass is 308 g/mol. The zero-order valence-electron chi connectivity index (χ0n) is 12.1. The van der Waals surface area contributed by atoms with Gasteiger partial charge in [0.15, 0.2) is 11.6 Å². The van der Waals surface area contributed by atoms with Crippen molar-refractivity contribution in [3.63, 3.8) is 0 Å². The van der Waals surface area contributed by atoms with Crippen LogP contribution in [-0.2, 0) is 0 Å². The molecule has 0 heterocycles. The van der Waals surface area contributed by atoms with E-state index >= 15 is 0 Å². The van der Waals surface area contributed by atoms with Crippen LogP contribution in [0.2, 0.25) is 0 Å². The van der Waals surface area contributed by atoms with Gasteiger partial charge < -0.3 is 5.11 Å². The van der Waals surface area contributed by atoms with Gasteiger partial charge in [-0.1, -0.05) is 36.4 Å². The van der Waals surface area contributed by atoms with Gasteiger partial charge in [-0.05, 0) is 29.0 Å². The molecule has 0 saturated carbocycles. The molecular weight excluding hydrogens is 295 g/mol. The Kier molecular flexibility index (Phi) is 3.89. The Morgan fingerprint density at radius 2 is 1.61 bits per heavy atom. The number of rotatable bonds is 4. The Morgan fingerprint density at radius 1 is 0.870 bits per heavy atom. The Balaban J connectivity index is 1.83. The lowest BCUT2D eigenvalue weighted by atomic mass is 9.99. The molecule has 23 heavy (non-hydrogen) atoms. The molecule has 0 bridgehead atoms. The van der Waals surface area contributed by atoms with Gasteiger partial charge in [-0.25, -0.2) is 4.39 Å². The number of halogens is 1. The number of benzene rings is 3. The van der Waals surface area contributed by atoms with Crippen molar-refractivity contribution >= 4 is 22.3 Å². The summed E-state index contributed by atoms with van der Waals surface area (Å²) in [5.41, 5.74) is 0.374. The van der Waals surface area contributed by atoms with Crippen molar-refractivity contribution in [1.29, 1.82) is 0 Å². The van der Waals surface area contributed by atoms with E-state index in [0.29, 0.717) is 5.56 Å². The van der Waals surface area contributed by atoms with Crippen molar-refractivity contribution in [2.45, 2.75) is 6.42 Å². The molecular formula is C19H13FO3. The summed E-state index contributed by atoms with van der Waals surface area (Å²) in [7, 11) is 0. The van der Waals surface area contributed by atoms with E-state index in [4.69, 9.17) is 0 Å². The van der Waals surface area contributed by atoms with E-state index < -0.39 is 17.3 Å². The summed E-state index contributed by atoms with van der Waals surface area (Å²) in [6.07, 6.45) is -0.377. The van der Waals surface area contributed by atoms with Gasteiger partial charge in [0.25, 0.3) is 0 Å². The number of phenols is 1. The largest absolute Gasteiger partial charge is 0.507 e. The summed E-state index contributed by atoms with van der Waals surface area (Å²) < 4.78 is 12.9. The second-order valence-corrected chi connectivity index (χ2v) is 5.25. The van der Waals surface area contributed by atoms with Crippen molar-refractivity contribution in [2.75, 3.05) is 0 Å². The molecule has 0 fully saturated rings. The fraction of sp³-hybridized carbons (Fsp3) is 0.0526. The third kappa shape index (κ3) is 3.11. The van der Waals surface area contributed by atoms with E-state index in [1.165, 1.54) is 6.07 Å². The summed E-state index contributed by atoms with van der Waals surface area (Å²) in [5, 5.41) is 11.5. The second kappa shape index (κ2) is 6.01. The molecule has 0 atom stereocenters. The molecule has 0 amide bonds. The van der Waals surface area contributed by atoms with E-state index in [0.717, 1.165) is 22.9 Å². The molecule has 3 aromatic carbocycles. The third-order valence-electron chi connectivity index (χ3n) is 3.65. The highest BCUT2D eigenvalue weighted by Gasteiger charge is 2.17. The van der Waals surface area contributed by atoms with Crippen molar-refractivity contribution < 1.29 is 19.1 Å². The number of Topliss-reactive ketones (excluding diaryl/α,β-unsaturated/α-hetero) is 2. The molecule has 0 aliphatic heterocycles. The molecule has 3 nitrogen and oxygen atoms in total. The minimum atomic E-state index is -0.639. The normalized spacial score (nSPS) is 10.7. The van der Waals surface area contributed by atoms with Gasteiger partial charge in [0.1, 0.15) is 11.6 Å². The summed E-state index contributed by atoms with van der Waals surface area (Å²) in [6.45, 7) is 0. The van der Waals surface area contributed by atoms with Gasteiger partial charge in [0.2, 0.25) is 0 Å². The highest BCUT2D eigenvalue weighted by atomic mass is 19.1. The highest BCUT2D eigenvalue weighted by molar-refractivity contribution is 6.15. The molecule has 0 aliphatic carbocycles. The summed E-state index contributed by atoms with van der Waals surface area (Å²) in [5.74, 6) is -1.98. The number of aromatic hydroxyl groups is 1. The first-order chi connectivity index (χ1) is 11.0. The average Bonchev–Trinajstić information content (AvgIpc) is 2.54. The molecule has 0 saturated heterocycles. The number of carbonyl (C=O) groups is 2. The number of hydrogen-bond acceptors (Lipinski definition) is 3. The zero-order valence-corrected chi connectivity index (χ0v) is 12.1. The van der Waals surface area contributed by atoms with Crippen molar-refractivity contribution in [1.82, 2.24) is 0 Å². The Hall–Kier alpha value is -3.01. The van der Waals surface area contributed by atoms with Gasteiger partial charge >= 0.3 is 0 Å². The maximum Gasteiger partial charge on any atom is 0.174 e. The molecule has 4 heteroatoms. The predicted molar refractivity (Wildman–Crippen MR) is 85.3 cm³/mol. The van der Waals surface area contributed by atoms with Gasteiger partial charge in [0, 0.05) is 11.6 Å². The van der Waals surface area contributed by atoms with Gasteiger partial charge in [-0.3, -0.25) is 9.59 Å². The average molecular weight is 308 g/mol. The van der Waals surface area contributed by atoms with E-state index in [9.17, 15) is 19.1 Å². The molecule has 0 spiro atoms. The minimum Gasteiger partial charge on any atom is -0.507 e. The molecule has 114 valence electrons. The zero-order chi connectivity index (χ0) is 16.4. The Labute approximate surface area is 132 Å². The van der Waals surface area contributed by atoms with Gasteiger partial charge in [-0.15, -0.1) is 0 Å². The number of carbonyl (C=O) groups excluding carboxylic acids is 2. The van der Waals surface area contributed by atoms with E-state index in [1.807, 2.05) is 30.3 Å².